The van der Waals surface area contributed by atoms with E-state index in [1.165, 1.54) is 0 Å². The van der Waals surface area contributed by atoms with Gasteiger partial charge in [0.05, 0.1) is 0 Å². The smallest absolute Gasteiger partial charge is 0.225 e. The molecule has 0 unspecified atom stereocenters. The van der Waals surface area contributed by atoms with Crippen molar-refractivity contribution in [3.63, 3.8) is 0 Å². The Morgan fingerprint density at radius 1 is 1.18 bits per heavy atom. The molecule has 1 aliphatic heterocycles. The van der Waals surface area contributed by atoms with Gasteiger partial charge in [-0.3, -0.25) is 4.79 Å². The SMILES string of the molecule is CCC(CC)C(=O)N1CCCN(CCCl)CC1. The standard InChI is InChI=1S/C13H25ClN2O/c1-3-12(4-2)13(17)16-8-5-7-15(9-6-14)10-11-16/h12H,3-11H2,1-2H3. The molecule has 1 aliphatic rings. The Bertz CT molecular complexity index is 231. The maximum Gasteiger partial charge on any atom is 0.225 e. The molecule has 0 atom stereocenters. The third-order valence-corrected chi connectivity index (χ3v) is 3.80. The molecular weight excluding hydrogens is 236 g/mol. The van der Waals surface area contributed by atoms with Gasteiger partial charge in [-0.25, -0.2) is 0 Å². The Morgan fingerprint density at radius 2 is 1.88 bits per heavy atom. The predicted molar refractivity (Wildman–Crippen MR) is 72.4 cm³/mol. The molecule has 100 valence electrons. The van der Waals surface area contributed by atoms with Crippen LogP contribution < -0.4 is 0 Å². The van der Waals surface area contributed by atoms with Crippen molar-refractivity contribution < 1.29 is 4.79 Å². The fourth-order valence-corrected chi connectivity index (χ4v) is 2.67. The zero-order valence-corrected chi connectivity index (χ0v) is 11.9. The maximum absolute atomic E-state index is 12.3. The van der Waals surface area contributed by atoms with Gasteiger partial charge < -0.3 is 9.80 Å². The van der Waals surface area contributed by atoms with Gasteiger partial charge in [-0.2, -0.15) is 0 Å². The second-order valence-corrected chi connectivity index (χ2v) is 5.10. The summed E-state index contributed by atoms with van der Waals surface area (Å²) in [6.45, 7) is 8.96. The van der Waals surface area contributed by atoms with Gasteiger partial charge in [0.25, 0.3) is 0 Å². The Balaban J connectivity index is 2.47. The predicted octanol–water partition coefficient (Wildman–Crippen LogP) is 2.20. The lowest BCUT2D eigenvalue weighted by Gasteiger charge is -2.25. The summed E-state index contributed by atoms with van der Waals surface area (Å²) in [4.78, 5) is 16.7. The topological polar surface area (TPSA) is 23.6 Å². The minimum atomic E-state index is 0.217. The second-order valence-electron chi connectivity index (χ2n) is 4.72. The summed E-state index contributed by atoms with van der Waals surface area (Å²) >= 11 is 5.76. The summed E-state index contributed by atoms with van der Waals surface area (Å²) in [5.74, 6) is 1.25. The van der Waals surface area contributed by atoms with Crippen LogP contribution in [0.15, 0.2) is 0 Å². The fourth-order valence-electron chi connectivity index (χ4n) is 2.43. The molecule has 1 fully saturated rings. The van der Waals surface area contributed by atoms with Crippen LogP contribution in [0.5, 0.6) is 0 Å². The molecule has 1 saturated heterocycles. The summed E-state index contributed by atoms with van der Waals surface area (Å²) in [5.41, 5.74) is 0. The second kappa shape index (κ2) is 7.93. The lowest BCUT2D eigenvalue weighted by molar-refractivity contribution is -0.135. The van der Waals surface area contributed by atoms with Crippen LogP contribution in [0.3, 0.4) is 0 Å². The van der Waals surface area contributed by atoms with Crippen LogP contribution in [0, 0.1) is 5.92 Å². The van der Waals surface area contributed by atoms with E-state index >= 15 is 0 Å². The number of halogens is 1. The van der Waals surface area contributed by atoms with Crippen LogP contribution in [-0.4, -0.2) is 54.3 Å². The third kappa shape index (κ3) is 4.47. The highest BCUT2D eigenvalue weighted by Crippen LogP contribution is 2.14. The zero-order chi connectivity index (χ0) is 12.7. The molecule has 0 aromatic heterocycles. The first kappa shape index (κ1) is 14.8. The number of carbonyl (C=O) groups is 1. The van der Waals surface area contributed by atoms with E-state index in [1.54, 1.807) is 0 Å². The number of alkyl halides is 1. The lowest BCUT2D eigenvalue weighted by atomic mass is 10.0. The first-order valence-electron chi connectivity index (χ1n) is 6.80. The van der Waals surface area contributed by atoms with E-state index in [9.17, 15) is 4.79 Å². The average Bonchev–Trinajstić information content (AvgIpc) is 2.57. The normalized spacial score (nSPS) is 18.5. The van der Waals surface area contributed by atoms with Gasteiger partial charge >= 0.3 is 0 Å². The number of nitrogens with zero attached hydrogens (tertiary/aromatic N) is 2. The minimum Gasteiger partial charge on any atom is -0.341 e. The van der Waals surface area contributed by atoms with Crippen LogP contribution in [0.4, 0.5) is 0 Å². The molecule has 0 aliphatic carbocycles. The van der Waals surface area contributed by atoms with Crippen molar-refractivity contribution in [2.75, 3.05) is 38.6 Å². The molecule has 0 aromatic carbocycles. The van der Waals surface area contributed by atoms with Crippen molar-refractivity contribution in [2.45, 2.75) is 33.1 Å². The van der Waals surface area contributed by atoms with Crippen molar-refractivity contribution in [3.8, 4) is 0 Å². The van der Waals surface area contributed by atoms with Crippen LogP contribution in [0.1, 0.15) is 33.1 Å². The van der Waals surface area contributed by atoms with E-state index in [4.69, 9.17) is 11.6 Å². The quantitative estimate of drug-likeness (QED) is 0.708. The maximum atomic E-state index is 12.3. The summed E-state index contributed by atoms with van der Waals surface area (Å²) in [6, 6.07) is 0. The van der Waals surface area contributed by atoms with Crippen molar-refractivity contribution in [1.29, 1.82) is 0 Å². The molecule has 0 N–H and O–H groups in total. The molecule has 4 heteroatoms. The first-order chi connectivity index (χ1) is 8.22. The highest BCUT2D eigenvalue weighted by molar-refractivity contribution is 6.18. The molecule has 1 heterocycles. The van der Waals surface area contributed by atoms with E-state index in [2.05, 4.69) is 18.7 Å². The highest BCUT2D eigenvalue weighted by atomic mass is 35.5. The van der Waals surface area contributed by atoms with Crippen molar-refractivity contribution in [2.24, 2.45) is 5.92 Å². The number of hydrogen-bond acceptors (Lipinski definition) is 2. The monoisotopic (exact) mass is 260 g/mol. The van der Waals surface area contributed by atoms with E-state index in [1.807, 2.05) is 4.90 Å². The van der Waals surface area contributed by atoms with Gasteiger partial charge in [0.1, 0.15) is 0 Å². The number of hydrogen-bond donors (Lipinski definition) is 0. The van der Waals surface area contributed by atoms with Gasteiger partial charge in [-0.05, 0) is 25.8 Å². The fraction of sp³-hybridized carbons (Fsp3) is 0.923. The van der Waals surface area contributed by atoms with Gasteiger partial charge in [0, 0.05) is 38.0 Å². The zero-order valence-electron chi connectivity index (χ0n) is 11.1. The van der Waals surface area contributed by atoms with Gasteiger partial charge in [0.2, 0.25) is 5.91 Å². The van der Waals surface area contributed by atoms with Crippen LogP contribution >= 0.6 is 11.6 Å². The molecule has 1 rings (SSSR count). The Hall–Kier alpha value is -0.280. The lowest BCUT2D eigenvalue weighted by Crippen LogP contribution is -2.39. The van der Waals surface area contributed by atoms with E-state index in [0.29, 0.717) is 11.8 Å². The molecule has 0 spiro atoms. The van der Waals surface area contributed by atoms with Gasteiger partial charge in [0.15, 0.2) is 0 Å². The molecule has 0 saturated carbocycles. The molecule has 0 radical (unpaired) electrons. The van der Waals surface area contributed by atoms with Crippen LogP contribution in [-0.2, 0) is 4.79 Å². The van der Waals surface area contributed by atoms with Crippen molar-refractivity contribution in [3.05, 3.63) is 0 Å². The molecule has 1 amide bonds. The van der Waals surface area contributed by atoms with Crippen molar-refractivity contribution >= 4 is 17.5 Å². The first-order valence-corrected chi connectivity index (χ1v) is 7.33. The number of carbonyl (C=O) groups excluding carboxylic acids is 1. The van der Waals surface area contributed by atoms with Crippen molar-refractivity contribution in [1.82, 2.24) is 9.80 Å². The van der Waals surface area contributed by atoms with Gasteiger partial charge in [-0.15, -0.1) is 11.6 Å². The molecular formula is C13H25ClN2O. The van der Waals surface area contributed by atoms with E-state index < -0.39 is 0 Å². The molecule has 0 aromatic rings. The van der Waals surface area contributed by atoms with E-state index in [-0.39, 0.29) is 5.92 Å². The Labute approximate surface area is 110 Å². The summed E-state index contributed by atoms with van der Waals surface area (Å²) in [5, 5.41) is 0. The summed E-state index contributed by atoms with van der Waals surface area (Å²) in [6.07, 6.45) is 2.98. The van der Waals surface area contributed by atoms with Gasteiger partial charge in [-0.1, -0.05) is 13.8 Å². The Morgan fingerprint density at radius 3 is 2.47 bits per heavy atom. The minimum absolute atomic E-state index is 0.217. The van der Waals surface area contributed by atoms with E-state index in [0.717, 1.165) is 52.0 Å². The molecule has 0 bridgehead atoms. The highest BCUT2D eigenvalue weighted by Gasteiger charge is 2.23. The third-order valence-electron chi connectivity index (χ3n) is 3.64. The average molecular weight is 261 g/mol. The van der Waals surface area contributed by atoms with Crippen LogP contribution in [0.2, 0.25) is 0 Å². The molecule has 3 nitrogen and oxygen atoms in total. The largest absolute Gasteiger partial charge is 0.341 e. The number of amides is 1. The number of rotatable bonds is 5. The molecule has 17 heavy (non-hydrogen) atoms. The summed E-state index contributed by atoms with van der Waals surface area (Å²) in [7, 11) is 0. The van der Waals surface area contributed by atoms with Crippen LogP contribution in [0.25, 0.3) is 0 Å². The summed E-state index contributed by atoms with van der Waals surface area (Å²) < 4.78 is 0. The Kier molecular flexibility index (Phi) is 6.90.